The van der Waals surface area contributed by atoms with Crippen molar-refractivity contribution in [3.8, 4) is 5.75 Å². The molecule has 0 aliphatic carbocycles. The van der Waals surface area contributed by atoms with Gasteiger partial charge in [-0.1, -0.05) is 103 Å². The van der Waals surface area contributed by atoms with Crippen LogP contribution in [-0.4, -0.2) is 29.5 Å². The minimum atomic E-state index is -0.947. The van der Waals surface area contributed by atoms with E-state index in [1.54, 1.807) is 12.1 Å². The molecule has 1 aliphatic rings. The van der Waals surface area contributed by atoms with E-state index < -0.39 is 41.8 Å². The number of cyclic esters (lactones) is 1. The highest BCUT2D eigenvalue weighted by Gasteiger charge is 2.44. The number of nitrogens with zero attached hydrogens (tertiary/aromatic N) is 1. The number of anilines is 1. The number of nitrogens with one attached hydrogen (secondary N) is 1. The lowest BCUT2D eigenvalue weighted by molar-refractivity contribution is -0.145. The van der Waals surface area contributed by atoms with Gasteiger partial charge in [-0.05, 0) is 65.1 Å². The maximum atomic E-state index is 14.7. The lowest BCUT2D eigenvalue weighted by atomic mass is 9.87. The van der Waals surface area contributed by atoms with E-state index >= 15 is 0 Å². The van der Waals surface area contributed by atoms with E-state index in [9.17, 15) is 18.8 Å². The van der Waals surface area contributed by atoms with Gasteiger partial charge in [0.2, 0.25) is 5.91 Å². The van der Waals surface area contributed by atoms with Gasteiger partial charge in [-0.15, -0.1) is 0 Å². The van der Waals surface area contributed by atoms with Gasteiger partial charge >= 0.3 is 12.1 Å². The molecule has 254 valence electrons. The number of carbonyl (C=O) groups is 3. The summed E-state index contributed by atoms with van der Waals surface area (Å²) in [5, 5.41) is 3.40. The Balaban J connectivity index is 1.30. The van der Waals surface area contributed by atoms with Crippen LogP contribution in [-0.2, 0) is 32.3 Å². The molecule has 5 aromatic carbocycles. The normalized spacial score (nSPS) is 15.1. The van der Waals surface area contributed by atoms with Gasteiger partial charge in [0.1, 0.15) is 37.4 Å². The Morgan fingerprint density at radius 1 is 0.780 bits per heavy atom. The number of benzene rings is 5. The molecule has 1 saturated heterocycles. The van der Waals surface area contributed by atoms with Crippen molar-refractivity contribution in [3.05, 3.63) is 168 Å². The summed E-state index contributed by atoms with van der Waals surface area (Å²) in [4.78, 5) is 42.1. The van der Waals surface area contributed by atoms with Crippen molar-refractivity contribution >= 4 is 23.7 Å². The molecule has 1 heterocycles. The van der Waals surface area contributed by atoms with E-state index in [1.165, 1.54) is 12.1 Å². The van der Waals surface area contributed by atoms with Gasteiger partial charge in [0.25, 0.3) is 0 Å². The largest absolute Gasteiger partial charge is 0.489 e. The van der Waals surface area contributed by atoms with Crippen molar-refractivity contribution in [2.45, 2.75) is 38.1 Å². The van der Waals surface area contributed by atoms with E-state index in [0.29, 0.717) is 23.6 Å². The number of carbonyl (C=O) groups excluding carboxylic acids is 3. The number of esters is 1. The molecule has 6 rings (SSSR count). The van der Waals surface area contributed by atoms with E-state index in [-0.39, 0.29) is 26.1 Å². The van der Waals surface area contributed by atoms with Crippen LogP contribution in [0.4, 0.5) is 14.9 Å². The Bertz CT molecular complexity index is 1860. The molecule has 1 fully saturated rings. The molecule has 3 atom stereocenters. The van der Waals surface area contributed by atoms with Crippen LogP contribution in [0.1, 0.15) is 47.2 Å². The van der Waals surface area contributed by atoms with E-state index in [2.05, 4.69) is 5.32 Å². The van der Waals surface area contributed by atoms with Gasteiger partial charge in [-0.3, -0.25) is 9.59 Å². The minimum absolute atomic E-state index is 0.00390. The second-order valence-electron chi connectivity index (χ2n) is 12.0. The first-order chi connectivity index (χ1) is 24.4. The van der Waals surface area contributed by atoms with Crippen LogP contribution in [0.15, 0.2) is 140 Å². The Morgan fingerprint density at radius 3 is 2.02 bits per heavy atom. The first-order valence-corrected chi connectivity index (χ1v) is 16.5. The van der Waals surface area contributed by atoms with Crippen molar-refractivity contribution in [1.29, 1.82) is 0 Å². The Kier molecular flexibility index (Phi) is 11.1. The third-order valence-electron chi connectivity index (χ3n) is 8.57. The lowest BCUT2D eigenvalue weighted by Crippen LogP contribution is -2.42. The quantitative estimate of drug-likeness (QED) is 0.118. The second-order valence-corrected chi connectivity index (χ2v) is 12.0. The van der Waals surface area contributed by atoms with Crippen molar-refractivity contribution in [1.82, 2.24) is 4.90 Å². The average molecular weight is 673 g/mol. The molecule has 0 radical (unpaired) electrons. The predicted molar refractivity (Wildman–Crippen MR) is 186 cm³/mol. The Morgan fingerprint density at radius 2 is 1.38 bits per heavy atom. The second kappa shape index (κ2) is 16.4. The molecule has 0 bridgehead atoms. The molecule has 8 nitrogen and oxygen atoms in total. The number of rotatable bonds is 14. The first kappa shape index (κ1) is 33.9. The van der Waals surface area contributed by atoms with Gasteiger partial charge in [0, 0.05) is 12.1 Å². The SMILES string of the molecule is O=C(CCC(C(=O)N1C(=O)OCC1c1ccccc1)C(Nc1ccc(F)cc1)c1ccc(OCc2ccccc2)cc1)OCc1ccccc1. The van der Waals surface area contributed by atoms with Gasteiger partial charge in [0.05, 0.1) is 12.0 Å². The zero-order valence-electron chi connectivity index (χ0n) is 27.3. The Hall–Kier alpha value is -5.96. The molecule has 2 amide bonds. The standard InChI is InChI=1S/C41H37FN2O6/c42-33-18-20-34(21-19-33)43-39(32-16-22-35(23-17-32)48-26-29-10-4-1-5-11-29)36(24-25-38(45)49-27-30-12-6-2-7-13-30)40(46)44-37(28-50-41(44)47)31-14-8-3-9-15-31/h1-23,36-37,39,43H,24-28H2. The molecule has 0 saturated carbocycles. The molecule has 50 heavy (non-hydrogen) atoms. The third kappa shape index (κ3) is 8.73. The zero-order chi connectivity index (χ0) is 34.7. The maximum absolute atomic E-state index is 14.7. The van der Waals surface area contributed by atoms with Crippen LogP contribution >= 0.6 is 0 Å². The fourth-order valence-electron chi connectivity index (χ4n) is 5.93. The molecule has 0 spiro atoms. The average Bonchev–Trinajstić information content (AvgIpc) is 3.56. The minimum Gasteiger partial charge on any atom is -0.489 e. The highest BCUT2D eigenvalue weighted by Crippen LogP contribution is 2.37. The number of imide groups is 1. The fraction of sp³-hybridized carbons (Fsp3) is 0.195. The molecule has 1 N–H and O–H groups in total. The smallest absolute Gasteiger partial charge is 0.417 e. The van der Waals surface area contributed by atoms with Crippen LogP contribution in [0.2, 0.25) is 0 Å². The van der Waals surface area contributed by atoms with Gasteiger partial charge in [-0.2, -0.15) is 0 Å². The van der Waals surface area contributed by atoms with Gasteiger partial charge in [-0.25, -0.2) is 14.1 Å². The van der Waals surface area contributed by atoms with Crippen molar-refractivity contribution in [3.63, 3.8) is 0 Å². The van der Waals surface area contributed by atoms with E-state index in [1.807, 2.05) is 115 Å². The van der Waals surface area contributed by atoms with Crippen LogP contribution in [0, 0.1) is 11.7 Å². The summed E-state index contributed by atoms with van der Waals surface area (Å²) in [6.45, 7) is 0.472. The molecule has 1 aliphatic heterocycles. The van der Waals surface area contributed by atoms with Crippen molar-refractivity contribution in [2.75, 3.05) is 11.9 Å². The summed E-state index contributed by atoms with van der Waals surface area (Å²) in [6.07, 6.45) is -0.809. The first-order valence-electron chi connectivity index (χ1n) is 16.5. The molecular weight excluding hydrogens is 635 g/mol. The Labute approximate surface area is 290 Å². The number of hydrogen-bond acceptors (Lipinski definition) is 7. The van der Waals surface area contributed by atoms with Crippen LogP contribution < -0.4 is 10.1 Å². The number of hydrogen-bond donors (Lipinski definition) is 1. The molecule has 5 aromatic rings. The molecule has 3 unspecified atom stereocenters. The van der Waals surface area contributed by atoms with Gasteiger partial charge < -0.3 is 19.5 Å². The van der Waals surface area contributed by atoms with Crippen molar-refractivity contribution in [2.24, 2.45) is 5.92 Å². The number of amides is 2. The number of halogens is 1. The summed E-state index contributed by atoms with van der Waals surface area (Å²) >= 11 is 0. The van der Waals surface area contributed by atoms with Crippen LogP contribution in [0.5, 0.6) is 5.75 Å². The summed E-state index contributed by atoms with van der Waals surface area (Å²) in [5.41, 5.74) is 3.85. The maximum Gasteiger partial charge on any atom is 0.417 e. The van der Waals surface area contributed by atoms with Crippen molar-refractivity contribution < 1.29 is 33.0 Å². The molecule has 0 aromatic heterocycles. The third-order valence-corrected chi connectivity index (χ3v) is 8.57. The van der Waals surface area contributed by atoms with E-state index in [4.69, 9.17) is 14.2 Å². The molecular formula is C41H37FN2O6. The van der Waals surface area contributed by atoms with E-state index in [0.717, 1.165) is 21.6 Å². The number of ether oxygens (including phenoxy) is 3. The topological polar surface area (TPSA) is 94.2 Å². The van der Waals surface area contributed by atoms with Crippen LogP contribution in [0.3, 0.4) is 0 Å². The highest BCUT2D eigenvalue weighted by atomic mass is 19.1. The highest BCUT2D eigenvalue weighted by molar-refractivity contribution is 5.95. The summed E-state index contributed by atoms with van der Waals surface area (Å²) in [7, 11) is 0. The fourth-order valence-corrected chi connectivity index (χ4v) is 5.93. The summed E-state index contributed by atoms with van der Waals surface area (Å²) in [5.74, 6) is -1.73. The van der Waals surface area contributed by atoms with Crippen LogP contribution in [0.25, 0.3) is 0 Å². The predicted octanol–water partition coefficient (Wildman–Crippen LogP) is 8.42. The summed E-state index contributed by atoms with van der Waals surface area (Å²) in [6, 6.07) is 40.0. The van der Waals surface area contributed by atoms with Gasteiger partial charge in [0.15, 0.2) is 0 Å². The summed E-state index contributed by atoms with van der Waals surface area (Å²) < 4.78 is 30.9. The zero-order valence-corrected chi connectivity index (χ0v) is 27.3. The monoisotopic (exact) mass is 672 g/mol. The lowest BCUT2D eigenvalue weighted by Gasteiger charge is -2.32. The molecule has 9 heteroatoms.